The third-order valence-electron chi connectivity index (χ3n) is 4.60. The van der Waals surface area contributed by atoms with Crippen molar-refractivity contribution in [3.8, 4) is 0 Å². The maximum Gasteiger partial charge on any atom is 0.352 e. The molecule has 164 valence electrons. The van der Waals surface area contributed by atoms with Crippen molar-refractivity contribution in [2.75, 3.05) is 18.1 Å². The van der Waals surface area contributed by atoms with E-state index in [2.05, 4.69) is 5.32 Å². The molecule has 0 radical (unpaired) electrons. The molecule has 1 aromatic carbocycles. The maximum atomic E-state index is 12.8. The molecule has 9 nitrogen and oxygen atoms in total. The van der Waals surface area contributed by atoms with E-state index in [4.69, 9.17) is 33.7 Å². The van der Waals surface area contributed by atoms with E-state index in [-0.39, 0.29) is 28.1 Å². The normalized spacial score (nSPS) is 19.8. The maximum absolute atomic E-state index is 12.8. The summed E-state index contributed by atoms with van der Waals surface area (Å²) in [5, 5.41) is 11.5. The molecule has 3 rings (SSSR count). The molecule has 0 bridgehead atoms. The minimum atomic E-state index is -1.32. The van der Waals surface area contributed by atoms with Crippen LogP contribution in [0.15, 0.2) is 40.0 Å². The summed E-state index contributed by atoms with van der Waals surface area (Å²) < 4.78 is 4.59. The molecular formula is C19H17Cl2N3O6S. The second kappa shape index (κ2) is 9.21. The van der Waals surface area contributed by atoms with Crippen molar-refractivity contribution in [2.45, 2.75) is 18.3 Å². The number of nitrogens with zero attached hydrogens (tertiary/aromatic N) is 1. The number of esters is 1. The number of anilines is 1. The van der Waals surface area contributed by atoms with E-state index in [1.54, 1.807) is 24.3 Å². The molecule has 1 fully saturated rings. The summed E-state index contributed by atoms with van der Waals surface area (Å²) in [6, 6.07) is 5.29. The number of hydrogen-bond acceptors (Lipinski definition) is 7. The number of nitrogen functional groups attached to an aromatic ring is 1. The van der Waals surface area contributed by atoms with Crippen molar-refractivity contribution >= 4 is 70.0 Å². The number of amides is 2. The first-order chi connectivity index (χ1) is 14.6. The number of nitrogens with two attached hydrogens (primary N) is 1. The monoisotopic (exact) mass is 485 g/mol. The highest BCUT2D eigenvalue weighted by atomic mass is 35.5. The Morgan fingerprint density at radius 1 is 1.29 bits per heavy atom. The number of ether oxygens (including phenoxy) is 1. The minimum absolute atomic E-state index is 0.0417. The van der Waals surface area contributed by atoms with Gasteiger partial charge in [0.05, 0.1) is 5.57 Å². The molecule has 2 heterocycles. The first-order valence-corrected chi connectivity index (χ1v) is 10.7. The number of aliphatic carboxylic acids is 1. The number of nitrogens with one attached hydrogen (secondary N) is 1. The van der Waals surface area contributed by atoms with Gasteiger partial charge >= 0.3 is 11.9 Å². The van der Waals surface area contributed by atoms with Crippen molar-refractivity contribution in [3.05, 3.63) is 45.6 Å². The number of carboxylic acid groups (broad SMARTS) is 1. The number of halogens is 2. The van der Waals surface area contributed by atoms with Gasteiger partial charge in [-0.15, -0.1) is 11.8 Å². The van der Waals surface area contributed by atoms with Crippen LogP contribution < -0.4 is 11.1 Å². The number of carbonyl (C=O) groups is 4. The van der Waals surface area contributed by atoms with Crippen LogP contribution in [0, 0.1) is 0 Å². The number of hydrogen-bond donors (Lipinski definition) is 3. The third kappa shape index (κ3) is 4.65. The zero-order valence-corrected chi connectivity index (χ0v) is 18.4. The fourth-order valence-electron chi connectivity index (χ4n) is 3.17. The lowest BCUT2D eigenvalue weighted by atomic mass is 10.0. The fraction of sp³-hybridized carbons (Fsp3) is 0.263. The van der Waals surface area contributed by atoms with Crippen molar-refractivity contribution in [1.29, 1.82) is 0 Å². The summed E-state index contributed by atoms with van der Waals surface area (Å²) in [5.41, 5.74) is 6.55. The molecule has 1 unspecified atom stereocenters. The van der Waals surface area contributed by atoms with Crippen LogP contribution in [-0.2, 0) is 23.9 Å². The smallest absolute Gasteiger partial charge is 0.352 e. The molecule has 12 heteroatoms. The molecule has 0 spiro atoms. The second-order valence-electron chi connectivity index (χ2n) is 6.66. The van der Waals surface area contributed by atoms with Gasteiger partial charge in [0.1, 0.15) is 28.2 Å². The molecule has 31 heavy (non-hydrogen) atoms. The lowest BCUT2D eigenvalue weighted by molar-refractivity contribution is -0.150. The number of rotatable bonds is 6. The van der Waals surface area contributed by atoms with Gasteiger partial charge in [-0.3, -0.25) is 19.3 Å². The Morgan fingerprint density at radius 2 is 1.94 bits per heavy atom. The highest BCUT2D eigenvalue weighted by Crippen LogP contribution is 2.40. The van der Waals surface area contributed by atoms with Gasteiger partial charge < -0.3 is 20.9 Å². The molecule has 1 aromatic rings. The Hall–Kier alpha value is -2.69. The SMILES string of the molecule is CC(=O)OCC1=C(C(=O)O)N2C(=O)C(NC(=O)C(=C(Cl)Cl)c3ccc(N)cc3)[C@H]2SC1. The number of carbonyl (C=O) groups excluding carboxylic acids is 3. The number of thioether (sulfide) groups is 1. The summed E-state index contributed by atoms with van der Waals surface area (Å²) in [6.07, 6.45) is 0. The van der Waals surface area contributed by atoms with Crippen LogP contribution in [0.1, 0.15) is 12.5 Å². The molecule has 0 aromatic heterocycles. The molecule has 0 aliphatic carbocycles. The van der Waals surface area contributed by atoms with E-state index in [9.17, 15) is 24.3 Å². The van der Waals surface area contributed by atoms with Gasteiger partial charge in [-0.05, 0) is 17.7 Å². The zero-order chi connectivity index (χ0) is 22.9. The van der Waals surface area contributed by atoms with E-state index in [0.717, 1.165) is 4.90 Å². The Labute approximate surface area is 191 Å². The number of fused-ring (bicyclic) bond motifs is 1. The standard InChI is InChI=1S/C19H17Cl2N3O6S/c1-8(25)30-6-10-7-31-18-13(17(27)24(18)14(10)19(28)29)23-16(26)12(15(20)21)9-2-4-11(22)5-3-9/h2-5,13,18H,6-7,22H2,1H3,(H,23,26)(H,28,29)/t13?,18-/m1/s1. The predicted molar refractivity (Wildman–Crippen MR) is 116 cm³/mol. The number of carboxylic acids is 1. The quantitative estimate of drug-likeness (QED) is 0.239. The first kappa shape index (κ1) is 23.0. The fourth-order valence-corrected chi connectivity index (χ4v) is 4.89. The van der Waals surface area contributed by atoms with Crippen molar-refractivity contribution < 1.29 is 29.0 Å². The van der Waals surface area contributed by atoms with Gasteiger partial charge in [0.15, 0.2) is 0 Å². The molecule has 1 saturated heterocycles. The molecule has 2 atom stereocenters. The predicted octanol–water partition coefficient (Wildman–Crippen LogP) is 1.72. The average molecular weight is 486 g/mol. The first-order valence-electron chi connectivity index (χ1n) is 8.87. The van der Waals surface area contributed by atoms with E-state index < -0.39 is 35.2 Å². The molecule has 4 N–H and O–H groups in total. The Bertz CT molecular complexity index is 1020. The molecule has 2 aliphatic rings. The third-order valence-corrected chi connectivity index (χ3v) is 6.32. The van der Waals surface area contributed by atoms with Crippen LogP contribution in [0.2, 0.25) is 0 Å². The lowest BCUT2D eigenvalue weighted by Gasteiger charge is -2.49. The number of β-lactam (4-membered cyclic amide) rings is 1. The van der Waals surface area contributed by atoms with Gasteiger partial charge in [-0.1, -0.05) is 35.3 Å². The summed E-state index contributed by atoms with van der Waals surface area (Å²) in [6.45, 7) is 0.970. The lowest BCUT2D eigenvalue weighted by Crippen LogP contribution is -2.70. The largest absolute Gasteiger partial charge is 0.477 e. The summed E-state index contributed by atoms with van der Waals surface area (Å²) in [4.78, 5) is 49.4. The van der Waals surface area contributed by atoms with Crippen LogP contribution >= 0.6 is 35.0 Å². The van der Waals surface area contributed by atoms with E-state index in [0.29, 0.717) is 16.8 Å². The van der Waals surface area contributed by atoms with Gasteiger partial charge in [0.25, 0.3) is 11.8 Å². The second-order valence-corrected chi connectivity index (χ2v) is 8.71. The topological polar surface area (TPSA) is 139 Å². The Morgan fingerprint density at radius 3 is 2.48 bits per heavy atom. The van der Waals surface area contributed by atoms with E-state index in [1.807, 2.05) is 0 Å². The van der Waals surface area contributed by atoms with E-state index in [1.165, 1.54) is 18.7 Å². The average Bonchev–Trinajstić information content (AvgIpc) is 2.70. The van der Waals surface area contributed by atoms with Gasteiger partial charge in [0.2, 0.25) is 0 Å². The Balaban J connectivity index is 1.80. The van der Waals surface area contributed by atoms with Crippen molar-refractivity contribution in [3.63, 3.8) is 0 Å². The molecule has 2 aliphatic heterocycles. The van der Waals surface area contributed by atoms with Gasteiger partial charge in [0, 0.05) is 23.9 Å². The molecule has 0 saturated carbocycles. The molecular weight excluding hydrogens is 469 g/mol. The van der Waals surface area contributed by atoms with Crippen molar-refractivity contribution in [2.24, 2.45) is 0 Å². The summed E-state index contributed by atoms with van der Waals surface area (Å²) in [7, 11) is 0. The van der Waals surface area contributed by atoms with Crippen LogP contribution in [-0.4, -0.2) is 57.5 Å². The highest BCUT2D eigenvalue weighted by Gasteiger charge is 2.54. The summed E-state index contributed by atoms with van der Waals surface area (Å²) >= 11 is 13.0. The van der Waals surface area contributed by atoms with Crippen molar-refractivity contribution in [1.82, 2.24) is 10.2 Å². The van der Waals surface area contributed by atoms with E-state index >= 15 is 0 Å². The summed E-state index contributed by atoms with van der Waals surface area (Å²) in [5.74, 6) is -2.96. The number of benzene rings is 1. The van der Waals surface area contributed by atoms with Crippen LogP contribution in [0.3, 0.4) is 0 Å². The highest BCUT2D eigenvalue weighted by molar-refractivity contribution is 8.00. The minimum Gasteiger partial charge on any atom is -0.477 e. The van der Waals surface area contributed by atoms with Crippen LogP contribution in [0.25, 0.3) is 5.57 Å². The van der Waals surface area contributed by atoms with Gasteiger partial charge in [-0.2, -0.15) is 0 Å². The zero-order valence-electron chi connectivity index (χ0n) is 16.1. The Kier molecular flexibility index (Phi) is 6.83. The van der Waals surface area contributed by atoms with Crippen LogP contribution in [0.5, 0.6) is 0 Å². The van der Waals surface area contributed by atoms with Gasteiger partial charge in [-0.25, -0.2) is 4.79 Å². The molecule has 2 amide bonds. The van der Waals surface area contributed by atoms with Crippen LogP contribution in [0.4, 0.5) is 5.69 Å².